The van der Waals surface area contributed by atoms with Crippen molar-refractivity contribution in [2.75, 3.05) is 13.2 Å². The molecule has 2 N–H and O–H groups in total. The first kappa shape index (κ1) is 26.1. The first-order valence-corrected chi connectivity index (χ1v) is 10.7. The number of aliphatic hydroxyl groups excluding tert-OH is 2. The first-order valence-electron chi connectivity index (χ1n) is 10.7. The van der Waals surface area contributed by atoms with Gasteiger partial charge in [0.2, 0.25) is 0 Å². The van der Waals surface area contributed by atoms with E-state index in [1.54, 1.807) is 12.1 Å². The molecule has 0 aliphatic carbocycles. The van der Waals surface area contributed by atoms with Crippen molar-refractivity contribution >= 4 is 11.9 Å². The molecular formula is C24H38O6. The largest absolute Gasteiger partial charge is 0.459 e. The third-order valence-corrected chi connectivity index (χ3v) is 5.46. The highest BCUT2D eigenvalue weighted by molar-refractivity contribution is 6.03. The molecule has 170 valence electrons. The van der Waals surface area contributed by atoms with Crippen molar-refractivity contribution < 1.29 is 29.3 Å². The van der Waals surface area contributed by atoms with E-state index in [0.29, 0.717) is 12.8 Å². The molecular weight excluding hydrogens is 384 g/mol. The van der Waals surface area contributed by atoms with Crippen LogP contribution in [0.25, 0.3) is 0 Å². The number of hydrogen-bond donors (Lipinski definition) is 2. The number of carbonyl (C=O) groups is 2. The van der Waals surface area contributed by atoms with E-state index in [1.165, 1.54) is 12.1 Å². The van der Waals surface area contributed by atoms with E-state index >= 15 is 0 Å². The number of benzene rings is 1. The van der Waals surface area contributed by atoms with Gasteiger partial charge in [0.05, 0.1) is 23.3 Å². The summed E-state index contributed by atoms with van der Waals surface area (Å²) >= 11 is 0. The summed E-state index contributed by atoms with van der Waals surface area (Å²) in [5.74, 6) is -1.38. The summed E-state index contributed by atoms with van der Waals surface area (Å²) in [6.07, 6.45) is 1.30. The van der Waals surface area contributed by atoms with Crippen LogP contribution in [0.2, 0.25) is 0 Å². The van der Waals surface area contributed by atoms with Gasteiger partial charge in [-0.3, -0.25) is 0 Å². The topological polar surface area (TPSA) is 93.1 Å². The van der Waals surface area contributed by atoms with Gasteiger partial charge in [0.1, 0.15) is 13.2 Å². The Morgan fingerprint density at radius 1 is 0.833 bits per heavy atom. The van der Waals surface area contributed by atoms with E-state index < -0.39 is 24.1 Å². The maximum Gasteiger partial charge on any atom is 0.339 e. The Morgan fingerprint density at radius 2 is 1.23 bits per heavy atom. The van der Waals surface area contributed by atoms with Gasteiger partial charge in [-0.1, -0.05) is 66.5 Å². The van der Waals surface area contributed by atoms with Crippen molar-refractivity contribution in [3.05, 3.63) is 35.4 Å². The van der Waals surface area contributed by atoms with E-state index in [0.717, 1.165) is 12.8 Å². The summed E-state index contributed by atoms with van der Waals surface area (Å²) in [6.45, 7) is 11.9. The molecule has 2 atom stereocenters. The molecule has 30 heavy (non-hydrogen) atoms. The number of hydrogen-bond acceptors (Lipinski definition) is 6. The fourth-order valence-electron chi connectivity index (χ4n) is 3.27. The summed E-state index contributed by atoms with van der Waals surface area (Å²) in [5, 5.41) is 20.3. The number of esters is 2. The van der Waals surface area contributed by atoms with Gasteiger partial charge in [0.25, 0.3) is 0 Å². The molecule has 0 heterocycles. The van der Waals surface area contributed by atoms with E-state index in [1.807, 2.05) is 20.8 Å². The normalized spacial score (nSPS) is 14.1. The van der Waals surface area contributed by atoms with E-state index in [2.05, 4.69) is 20.8 Å². The molecule has 0 aliphatic rings. The molecule has 0 bridgehead atoms. The van der Waals surface area contributed by atoms with Gasteiger partial charge in [-0.15, -0.1) is 0 Å². The minimum Gasteiger partial charge on any atom is -0.459 e. The maximum atomic E-state index is 12.5. The molecule has 1 rings (SSSR count). The van der Waals surface area contributed by atoms with Crippen LogP contribution in [-0.4, -0.2) is 47.6 Å². The minimum atomic E-state index is -0.783. The van der Waals surface area contributed by atoms with Gasteiger partial charge in [-0.2, -0.15) is 0 Å². The van der Waals surface area contributed by atoms with Crippen LogP contribution in [0.15, 0.2) is 24.3 Å². The Morgan fingerprint density at radius 3 is 1.60 bits per heavy atom. The summed E-state index contributed by atoms with van der Waals surface area (Å²) in [4.78, 5) is 25.0. The number of aliphatic hydroxyl groups is 2. The van der Waals surface area contributed by atoms with Crippen LogP contribution in [0.3, 0.4) is 0 Å². The van der Waals surface area contributed by atoms with Crippen LogP contribution in [0, 0.1) is 10.8 Å². The van der Waals surface area contributed by atoms with Crippen molar-refractivity contribution in [2.45, 2.75) is 79.4 Å². The average Bonchev–Trinajstić information content (AvgIpc) is 2.68. The van der Waals surface area contributed by atoms with Crippen molar-refractivity contribution in [1.29, 1.82) is 0 Å². The molecule has 1 aromatic rings. The van der Waals surface area contributed by atoms with Crippen LogP contribution in [0.5, 0.6) is 0 Å². The van der Waals surface area contributed by atoms with E-state index in [9.17, 15) is 19.8 Å². The number of carbonyl (C=O) groups excluding carboxylic acids is 2. The Labute approximate surface area is 180 Å². The molecule has 0 aliphatic heterocycles. The van der Waals surface area contributed by atoms with E-state index in [-0.39, 0.29) is 35.2 Å². The highest BCUT2D eigenvalue weighted by Gasteiger charge is 2.26. The molecule has 6 heteroatoms. The standard InChI is InChI=1S/C24H38O6/c1-7-24(6,8-2)14-18(26)16-30-22(28)20-12-10-9-11-19(20)21(27)29-15-17(25)13-23(3,4)5/h9-12,17-18,25-26H,7-8,13-16H2,1-6H3. The molecule has 2 unspecified atom stereocenters. The van der Waals surface area contributed by atoms with Gasteiger partial charge in [-0.05, 0) is 35.8 Å². The van der Waals surface area contributed by atoms with Crippen LogP contribution in [0.4, 0.5) is 0 Å². The van der Waals surface area contributed by atoms with Crippen molar-refractivity contribution in [3.63, 3.8) is 0 Å². The lowest BCUT2D eigenvalue weighted by atomic mass is 9.80. The molecule has 0 saturated carbocycles. The molecule has 6 nitrogen and oxygen atoms in total. The minimum absolute atomic E-state index is 0.0125. The summed E-state index contributed by atoms with van der Waals surface area (Å²) in [6, 6.07) is 6.22. The predicted octanol–water partition coefficient (Wildman–Crippen LogP) is 4.37. The van der Waals surface area contributed by atoms with Gasteiger partial charge in [0.15, 0.2) is 0 Å². The molecule has 0 radical (unpaired) electrons. The van der Waals surface area contributed by atoms with Crippen LogP contribution >= 0.6 is 0 Å². The highest BCUT2D eigenvalue weighted by Crippen LogP contribution is 2.31. The van der Waals surface area contributed by atoms with E-state index in [4.69, 9.17) is 9.47 Å². The summed E-state index contributed by atoms with van der Waals surface area (Å²) < 4.78 is 10.5. The number of rotatable bonds is 11. The lowest BCUT2D eigenvalue weighted by Gasteiger charge is -2.29. The van der Waals surface area contributed by atoms with Crippen molar-refractivity contribution in [1.82, 2.24) is 0 Å². The predicted molar refractivity (Wildman–Crippen MR) is 116 cm³/mol. The zero-order valence-electron chi connectivity index (χ0n) is 19.2. The van der Waals surface area contributed by atoms with Crippen molar-refractivity contribution in [3.8, 4) is 0 Å². The Bertz CT molecular complexity index is 687. The van der Waals surface area contributed by atoms with Gasteiger partial charge in [0, 0.05) is 0 Å². The monoisotopic (exact) mass is 422 g/mol. The number of ether oxygens (including phenoxy) is 2. The molecule has 0 saturated heterocycles. The summed E-state index contributed by atoms with van der Waals surface area (Å²) in [5.41, 5.74) is 0.0437. The second kappa shape index (κ2) is 11.5. The Hall–Kier alpha value is -1.92. The van der Waals surface area contributed by atoms with Crippen LogP contribution < -0.4 is 0 Å². The zero-order valence-corrected chi connectivity index (χ0v) is 19.2. The molecule has 0 amide bonds. The lowest BCUT2D eigenvalue weighted by molar-refractivity contribution is 0.00945. The fourth-order valence-corrected chi connectivity index (χ4v) is 3.27. The molecule has 1 aromatic carbocycles. The molecule has 0 aromatic heterocycles. The van der Waals surface area contributed by atoms with Crippen LogP contribution in [-0.2, 0) is 9.47 Å². The lowest BCUT2D eigenvalue weighted by Crippen LogP contribution is -2.27. The Kier molecular flexibility index (Phi) is 9.98. The third kappa shape index (κ3) is 8.84. The highest BCUT2D eigenvalue weighted by atomic mass is 16.5. The second-order valence-electron chi connectivity index (χ2n) is 9.54. The SMILES string of the molecule is CCC(C)(CC)CC(O)COC(=O)c1ccccc1C(=O)OCC(O)CC(C)(C)C. The van der Waals surface area contributed by atoms with Gasteiger partial charge >= 0.3 is 11.9 Å². The molecule has 0 fully saturated rings. The zero-order chi connectivity index (χ0) is 22.9. The fraction of sp³-hybridized carbons (Fsp3) is 0.667. The smallest absolute Gasteiger partial charge is 0.339 e. The first-order chi connectivity index (χ1) is 13.9. The molecule has 0 spiro atoms. The maximum absolute atomic E-state index is 12.5. The third-order valence-electron chi connectivity index (χ3n) is 5.46. The quantitative estimate of drug-likeness (QED) is 0.514. The summed E-state index contributed by atoms with van der Waals surface area (Å²) in [7, 11) is 0. The van der Waals surface area contributed by atoms with Gasteiger partial charge < -0.3 is 19.7 Å². The Balaban J connectivity index is 2.71. The van der Waals surface area contributed by atoms with Gasteiger partial charge in [-0.25, -0.2) is 9.59 Å². The average molecular weight is 423 g/mol. The second-order valence-corrected chi connectivity index (χ2v) is 9.54. The van der Waals surface area contributed by atoms with Crippen molar-refractivity contribution in [2.24, 2.45) is 10.8 Å². The van der Waals surface area contributed by atoms with Crippen LogP contribution in [0.1, 0.15) is 87.9 Å².